The number of carbonyl (C=O) groups excluding carboxylic acids is 1. The predicted molar refractivity (Wildman–Crippen MR) is 62.2 cm³/mol. The average Bonchev–Trinajstić information content (AvgIpc) is 2.85. The molecule has 4 nitrogen and oxygen atoms in total. The smallest absolute Gasteiger partial charge is 0.227 e. The van der Waals surface area contributed by atoms with Gasteiger partial charge in [0, 0.05) is 19.7 Å². The molecule has 2 aliphatic heterocycles. The largest absolute Gasteiger partial charge is 0.376 e. The van der Waals surface area contributed by atoms with Gasteiger partial charge in [-0.25, -0.2) is 0 Å². The lowest BCUT2D eigenvalue weighted by Gasteiger charge is -2.30. The van der Waals surface area contributed by atoms with Gasteiger partial charge in [-0.3, -0.25) is 4.79 Å². The summed E-state index contributed by atoms with van der Waals surface area (Å²) in [5, 5.41) is 3.33. The van der Waals surface area contributed by atoms with Crippen LogP contribution in [-0.4, -0.2) is 49.2 Å². The second-order valence-corrected chi connectivity index (χ2v) is 5.02. The van der Waals surface area contributed by atoms with Crippen LogP contribution in [0.3, 0.4) is 0 Å². The average molecular weight is 226 g/mol. The first-order chi connectivity index (χ1) is 7.61. The zero-order chi connectivity index (χ0) is 11.7. The number of amides is 1. The van der Waals surface area contributed by atoms with Crippen molar-refractivity contribution in [2.45, 2.75) is 44.9 Å². The van der Waals surface area contributed by atoms with E-state index in [1.165, 1.54) is 0 Å². The lowest BCUT2D eigenvalue weighted by molar-refractivity contribution is -0.137. The first-order valence-electron chi connectivity index (χ1n) is 6.23. The third-order valence-electron chi connectivity index (χ3n) is 4.02. The fraction of sp³-hybridized carbons (Fsp3) is 0.917. The standard InChI is InChI=1S/C12H22N2O2/c1-8-10(4-6-13-8)12(15)14(3)11-5-7-16-9(11)2/h8-11,13H,4-7H2,1-3H3. The Hall–Kier alpha value is -0.610. The second kappa shape index (κ2) is 4.72. The normalized spacial score (nSPS) is 38.9. The van der Waals surface area contributed by atoms with Crippen LogP contribution in [-0.2, 0) is 9.53 Å². The van der Waals surface area contributed by atoms with Gasteiger partial charge in [-0.1, -0.05) is 0 Å². The summed E-state index contributed by atoms with van der Waals surface area (Å²) in [5.41, 5.74) is 0. The van der Waals surface area contributed by atoms with Crippen LogP contribution in [0.2, 0.25) is 0 Å². The van der Waals surface area contributed by atoms with Crippen molar-refractivity contribution < 1.29 is 9.53 Å². The van der Waals surface area contributed by atoms with Gasteiger partial charge in [0.1, 0.15) is 0 Å². The molecular formula is C12H22N2O2. The van der Waals surface area contributed by atoms with Crippen molar-refractivity contribution in [2.75, 3.05) is 20.2 Å². The van der Waals surface area contributed by atoms with E-state index in [1.54, 1.807) is 0 Å². The van der Waals surface area contributed by atoms with Crippen LogP contribution in [0, 0.1) is 5.92 Å². The van der Waals surface area contributed by atoms with Crippen LogP contribution in [0.4, 0.5) is 0 Å². The molecule has 0 spiro atoms. The highest BCUT2D eigenvalue weighted by molar-refractivity contribution is 5.80. The van der Waals surface area contributed by atoms with Crippen molar-refractivity contribution in [1.29, 1.82) is 0 Å². The lowest BCUT2D eigenvalue weighted by Crippen LogP contribution is -2.46. The first-order valence-corrected chi connectivity index (χ1v) is 6.23. The van der Waals surface area contributed by atoms with Gasteiger partial charge in [0.25, 0.3) is 0 Å². The quantitative estimate of drug-likeness (QED) is 0.750. The third kappa shape index (κ3) is 2.09. The molecule has 0 bridgehead atoms. The molecule has 0 aromatic carbocycles. The van der Waals surface area contributed by atoms with Crippen molar-refractivity contribution >= 4 is 5.91 Å². The van der Waals surface area contributed by atoms with Gasteiger partial charge in [0.2, 0.25) is 5.91 Å². The van der Waals surface area contributed by atoms with Gasteiger partial charge < -0.3 is 15.0 Å². The first kappa shape index (κ1) is 11.9. The van der Waals surface area contributed by atoms with Gasteiger partial charge in [0.15, 0.2) is 0 Å². The van der Waals surface area contributed by atoms with Crippen LogP contribution in [0.25, 0.3) is 0 Å². The number of hydrogen-bond acceptors (Lipinski definition) is 3. The second-order valence-electron chi connectivity index (χ2n) is 5.02. The number of hydrogen-bond donors (Lipinski definition) is 1. The SMILES string of the molecule is CC1NCCC1C(=O)N(C)C1CCOC1C. The minimum Gasteiger partial charge on any atom is -0.376 e. The van der Waals surface area contributed by atoms with Crippen molar-refractivity contribution in [1.82, 2.24) is 10.2 Å². The summed E-state index contributed by atoms with van der Waals surface area (Å²) in [5.74, 6) is 0.428. The molecule has 2 fully saturated rings. The topological polar surface area (TPSA) is 41.6 Å². The number of likely N-dealkylation sites (N-methyl/N-ethyl adjacent to an activating group) is 1. The molecule has 0 radical (unpaired) electrons. The Kier molecular flexibility index (Phi) is 3.50. The van der Waals surface area contributed by atoms with Crippen LogP contribution < -0.4 is 5.32 Å². The van der Waals surface area contributed by atoms with Crippen LogP contribution >= 0.6 is 0 Å². The summed E-state index contributed by atoms with van der Waals surface area (Å²) in [4.78, 5) is 14.2. The number of rotatable bonds is 2. The summed E-state index contributed by atoms with van der Waals surface area (Å²) < 4.78 is 5.52. The molecule has 4 atom stereocenters. The number of carbonyl (C=O) groups is 1. The molecule has 1 amide bonds. The molecule has 4 unspecified atom stereocenters. The fourth-order valence-corrected chi connectivity index (χ4v) is 2.85. The zero-order valence-electron chi connectivity index (χ0n) is 10.4. The Morgan fingerprint density at radius 2 is 2.12 bits per heavy atom. The minimum atomic E-state index is 0.151. The molecule has 2 heterocycles. The number of nitrogens with zero attached hydrogens (tertiary/aromatic N) is 1. The number of nitrogens with one attached hydrogen (secondary N) is 1. The van der Waals surface area contributed by atoms with Gasteiger partial charge in [0.05, 0.1) is 18.1 Å². The highest BCUT2D eigenvalue weighted by atomic mass is 16.5. The van der Waals surface area contributed by atoms with Crippen LogP contribution in [0.1, 0.15) is 26.7 Å². The van der Waals surface area contributed by atoms with E-state index in [0.717, 1.165) is 26.0 Å². The Morgan fingerprint density at radius 3 is 2.62 bits per heavy atom. The predicted octanol–water partition coefficient (Wildman–Crippen LogP) is 0.620. The molecule has 4 heteroatoms. The van der Waals surface area contributed by atoms with Gasteiger partial charge >= 0.3 is 0 Å². The van der Waals surface area contributed by atoms with E-state index >= 15 is 0 Å². The minimum absolute atomic E-state index is 0.151. The summed E-state index contributed by atoms with van der Waals surface area (Å²) in [6.45, 7) is 5.89. The maximum atomic E-state index is 12.3. The molecule has 0 aromatic heterocycles. The zero-order valence-corrected chi connectivity index (χ0v) is 10.4. The highest BCUT2D eigenvalue weighted by Gasteiger charge is 2.37. The monoisotopic (exact) mass is 226 g/mol. The Bertz CT molecular complexity index is 270. The summed E-state index contributed by atoms with van der Waals surface area (Å²) in [6, 6.07) is 0.577. The van der Waals surface area contributed by atoms with Gasteiger partial charge in [-0.05, 0) is 33.2 Å². The molecule has 16 heavy (non-hydrogen) atoms. The highest BCUT2D eigenvalue weighted by Crippen LogP contribution is 2.23. The molecule has 1 N–H and O–H groups in total. The Labute approximate surface area is 97.3 Å². The van der Waals surface area contributed by atoms with Crippen molar-refractivity contribution in [3.05, 3.63) is 0 Å². The van der Waals surface area contributed by atoms with E-state index < -0.39 is 0 Å². The summed E-state index contributed by atoms with van der Waals surface area (Å²) in [7, 11) is 1.92. The van der Waals surface area contributed by atoms with E-state index in [-0.39, 0.29) is 24.0 Å². The van der Waals surface area contributed by atoms with Crippen molar-refractivity contribution in [2.24, 2.45) is 5.92 Å². The third-order valence-corrected chi connectivity index (χ3v) is 4.02. The van der Waals surface area contributed by atoms with E-state index in [9.17, 15) is 4.79 Å². The van der Waals surface area contributed by atoms with Gasteiger partial charge in [-0.2, -0.15) is 0 Å². The molecular weight excluding hydrogens is 204 g/mol. The van der Waals surface area contributed by atoms with Crippen LogP contribution in [0.15, 0.2) is 0 Å². The van der Waals surface area contributed by atoms with Crippen LogP contribution in [0.5, 0.6) is 0 Å². The van der Waals surface area contributed by atoms with Gasteiger partial charge in [-0.15, -0.1) is 0 Å². The molecule has 2 rings (SSSR count). The van der Waals surface area contributed by atoms with E-state index in [4.69, 9.17) is 4.74 Å². The summed E-state index contributed by atoms with van der Waals surface area (Å²) >= 11 is 0. The summed E-state index contributed by atoms with van der Waals surface area (Å²) in [6.07, 6.45) is 2.11. The Morgan fingerprint density at radius 1 is 1.38 bits per heavy atom. The van der Waals surface area contributed by atoms with Crippen molar-refractivity contribution in [3.8, 4) is 0 Å². The molecule has 2 aliphatic rings. The van der Waals surface area contributed by atoms with E-state index in [1.807, 2.05) is 11.9 Å². The molecule has 2 saturated heterocycles. The van der Waals surface area contributed by atoms with Crippen molar-refractivity contribution in [3.63, 3.8) is 0 Å². The Balaban J connectivity index is 1.98. The van der Waals surface area contributed by atoms with E-state index in [2.05, 4.69) is 19.2 Å². The molecule has 92 valence electrons. The van der Waals surface area contributed by atoms with E-state index in [0.29, 0.717) is 6.04 Å². The molecule has 0 aliphatic carbocycles. The molecule has 0 saturated carbocycles. The maximum absolute atomic E-state index is 12.3. The lowest BCUT2D eigenvalue weighted by atomic mass is 9.99. The maximum Gasteiger partial charge on any atom is 0.227 e. The number of ether oxygens (including phenoxy) is 1. The molecule has 0 aromatic rings. The fourth-order valence-electron chi connectivity index (χ4n) is 2.85.